The first-order valence-corrected chi connectivity index (χ1v) is 9.18. The maximum Gasteiger partial charge on any atom is 0.350 e. The van der Waals surface area contributed by atoms with Gasteiger partial charge < -0.3 is 5.32 Å². The molecule has 1 aromatic carbocycles. The van der Waals surface area contributed by atoms with Crippen molar-refractivity contribution in [3.63, 3.8) is 0 Å². The first-order chi connectivity index (χ1) is 13.3. The van der Waals surface area contributed by atoms with Crippen LogP contribution in [0.3, 0.4) is 0 Å². The SMILES string of the molecule is Cc1ccc(C)c(-c2cc3c4nn(CC(=O)NC(C)C)c(=O)n4ccn3n2)c1. The zero-order valence-corrected chi connectivity index (χ0v) is 16.3. The van der Waals surface area contributed by atoms with E-state index >= 15 is 0 Å². The molecule has 0 bridgehead atoms. The molecule has 4 rings (SSSR count). The minimum atomic E-state index is -0.356. The molecule has 0 saturated carbocycles. The minimum absolute atomic E-state index is 0.00176. The van der Waals surface area contributed by atoms with Crippen molar-refractivity contribution in [2.75, 3.05) is 0 Å². The molecule has 4 aromatic rings. The average Bonchev–Trinajstić information content (AvgIpc) is 3.18. The van der Waals surface area contributed by atoms with Crippen molar-refractivity contribution in [3.8, 4) is 11.3 Å². The zero-order valence-electron chi connectivity index (χ0n) is 16.3. The lowest BCUT2D eigenvalue weighted by molar-refractivity contribution is -0.122. The fourth-order valence-corrected chi connectivity index (χ4v) is 3.28. The summed E-state index contributed by atoms with van der Waals surface area (Å²) in [4.78, 5) is 24.7. The molecule has 0 aliphatic carbocycles. The summed E-state index contributed by atoms with van der Waals surface area (Å²) in [5.74, 6) is -0.249. The van der Waals surface area contributed by atoms with Crippen LogP contribution in [0.2, 0.25) is 0 Å². The second-order valence-corrected chi connectivity index (χ2v) is 7.33. The molecule has 1 N–H and O–H groups in total. The Morgan fingerprint density at radius 2 is 1.93 bits per heavy atom. The fourth-order valence-electron chi connectivity index (χ4n) is 3.28. The van der Waals surface area contributed by atoms with Crippen LogP contribution < -0.4 is 11.0 Å². The predicted molar refractivity (Wildman–Crippen MR) is 106 cm³/mol. The van der Waals surface area contributed by atoms with E-state index in [0.29, 0.717) is 11.2 Å². The van der Waals surface area contributed by atoms with Gasteiger partial charge in [0.2, 0.25) is 5.91 Å². The van der Waals surface area contributed by atoms with Gasteiger partial charge in [0.05, 0.1) is 5.69 Å². The second-order valence-electron chi connectivity index (χ2n) is 7.33. The molecule has 0 spiro atoms. The molecule has 0 radical (unpaired) electrons. The number of fused-ring (bicyclic) bond motifs is 3. The average molecular weight is 378 g/mol. The molecule has 0 aliphatic rings. The molecule has 0 aliphatic heterocycles. The summed E-state index contributed by atoms with van der Waals surface area (Å²) in [6.45, 7) is 7.70. The van der Waals surface area contributed by atoms with Crippen molar-refractivity contribution in [1.82, 2.24) is 29.1 Å². The summed E-state index contributed by atoms with van der Waals surface area (Å²) in [5, 5.41) is 11.8. The number of aryl methyl sites for hydroxylation is 2. The highest BCUT2D eigenvalue weighted by Crippen LogP contribution is 2.25. The van der Waals surface area contributed by atoms with Crippen molar-refractivity contribution < 1.29 is 4.79 Å². The van der Waals surface area contributed by atoms with Crippen LogP contribution in [0, 0.1) is 13.8 Å². The van der Waals surface area contributed by atoms with Crippen LogP contribution in [0.5, 0.6) is 0 Å². The number of hydrogen-bond donors (Lipinski definition) is 1. The van der Waals surface area contributed by atoms with Gasteiger partial charge in [-0.1, -0.05) is 17.7 Å². The zero-order chi connectivity index (χ0) is 20.0. The van der Waals surface area contributed by atoms with Crippen LogP contribution >= 0.6 is 0 Å². The molecule has 3 aromatic heterocycles. The number of nitrogens with one attached hydrogen (secondary N) is 1. The summed E-state index contributed by atoms with van der Waals surface area (Å²) in [7, 11) is 0. The molecule has 8 nitrogen and oxygen atoms in total. The highest BCUT2D eigenvalue weighted by atomic mass is 16.2. The molecule has 1 amide bonds. The van der Waals surface area contributed by atoms with Crippen LogP contribution in [-0.2, 0) is 11.3 Å². The Kier molecular flexibility index (Phi) is 4.26. The number of amides is 1. The third kappa shape index (κ3) is 3.06. The van der Waals surface area contributed by atoms with Crippen LogP contribution in [-0.4, -0.2) is 35.7 Å². The Morgan fingerprint density at radius 3 is 2.68 bits per heavy atom. The number of rotatable bonds is 4. The van der Waals surface area contributed by atoms with Gasteiger partial charge >= 0.3 is 5.69 Å². The number of benzene rings is 1. The van der Waals surface area contributed by atoms with Gasteiger partial charge in [-0.25, -0.2) is 18.4 Å². The number of nitrogens with zero attached hydrogens (tertiary/aromatic N) is 5. The van der Waals surface area contributed by atoms with Gasteiger partial charge in [-0.3, -0.25) is 4.79 Å². The molecular formula is C20H22N6O2. The minimum Gasteiger partial charge on any atom is -0.352 e. The highest BCUT2D eigenvalue weighted by molar-refractivity contribution is 5.78. The van der Waals surface area contributed by atoms with E-state index in [9.17, 15) is 9.59 Å². The van der Waals surface area contributed by atoms with Gasteiger partial charge in [0.1, 0.15) is 12.1 Å². The maximum absolute atomic E-state index is 12.6. The fraction of sp³-hybridized carbons (Fsp3) is 0.300. The van der Waals surface area contributed by atoms with E-state index in [1.54, 1.807) is 16.9 Å². The Bertz CT molecular complexity index is 1260. The number of hydrogen-bond acceptors (Lipinski definition) is 4. The molecule has 28 heavy (non-hydrogen) atoms. The van der Waals surface area contributed by atoms with E-state index in [1.807, 2.05) is 33.8 Å². The Hall–Kier alpha value is -3.42. The van der Waals surface area contributed by atoms with Gasteiger partial charge in [-0.2, -0.15) is 5.10 Å². The molecular weight excluding hydrogens is 356 g/mol. The largest absolute Gasteiger partial charge is 0.352 e. The number of carbonyl (C=O) groups excluding carboxylic acids is 1. The van der Waals surface area contributed by atoms with Crippen molar-refractivity contribution in [2.45, 2.75) is 40.3 Å². The van der Waals surface area contributed by atoms with Crippen LogP contribution in [0.25, 0.3) is 22.4 Å². The summed E-state index contributed by atoms with van der Waals surface area (Å²) < 4.78 is 4.32. The summed E-state index contributed by atoms with van der Waals surface area (Å²) in [6, 6.07) is 8.15. The topological polar surface area (TPSA) is 85.7 Å². The lowest BCUT2D eigenvalue weighted by Gasteiger charge is -2.06. The molecule has 0 saturated heterocycles. The third-order valence-corrected chi connectivity index (χ3v) is 4.60. The van der Waals surface area contributed by atoms with Crippen LogP contribution in [0.15, 0.2) is 41.5 Å². The second kappa shape index (κ2) is 6.63. The Morgan fingerprint density at radius 1 is 1.14 bits per heavy atom. The molecule has 0 atom stereocenters. The Labute approximate surface area is 161 Å². The first kappa shape index (κ1) is 18.0. The molecule has 8 heteroatoms. The van der Waals surface area contributed by atoms with Gasteiger partial charge in [0.15, 0.2) is 5.65 Å². The maximum atomic E-state index is 12.6. The van der Waals surface area contributed by atoms with Crippen molar-refractivity contribution in [2.24, 2.45) is 0 Å². The third-order valence-electron chi connectivity index (χ3n) is 4.60. The monoisotopic (exact) mass is 378 g/mol. The number of carbonyl (C=O) groups is 1. The number of aromatic nitrogens is 5. The van der Waals surface area contributed by atoms with Crippen molar-refractivity contribution >= 4 is 17.1 Å². The normalized spacial score (nSPS) is 11.6. The van der Waals surface area contributed by atoms with E-state index in [4.69, 9.17) is 0 Å². The summed E-state index contributed by atoms with van der Waals surface area (Å²) >= 11 is 0. The summed E-state index contributed by atoms with van der Waals surface area (Å²) in [6.07, 6.45) is 3.34. The van der Waals surface area contributed by atoms with Crippen molar-refractivity contribution in [3.05, 3.63) is 58.3 Å². The standard InChI is InChI=1S/C20H22N6O2/c1-12(2)21-18(27)11-26-20(28)24-7-8-25-17(19(24)23-26)10-16(22-25)15-9-13(3)5-6-14(15)4/h5-10,12H,11H2,1-4H3,(H,21,27). The smallest absolute Gasteiger partial charge is 0.350 e. The molecule has 0 unspecified atom stereocenters. The van der Waals surface area contributed by atoms with Gasteiger partial charge in [-0.15, -0.1) is 5.10 Å². The highest BCUT2D eigenvalue weighted by Gasteiger charge is 2.16. The summed E-state index contributed by atoms with van der Waals surface area (Å²) in [5.41, 5.74) is 4.95. The molecule has 0 fully saturated rings. The van der Waals surface area contributed by atoms with E-state index in [1.165, 1.54) is 9.08 Å². The Balaban J connectivity index is 1.83. The lowest BCUT2D eigenvalue weighted by Crippen LogP contribution is -2.36. The van der Waals surface area contributed by atoms with Crippen LogP contribution in [0.1, 0.15) is 25.0 Å². The van der Waals surface area contributed by atoms with Gasteiger partial charge in [0.25, 0.3) is 0 Å². The molecule has 144 valence electrons. The quantitative estimate of drug-likeness (QED) is 0.588. The van der Waals surface area contributed by atoms with E-state index in [0.717, 1.165) is 22.4 Å². The van der Waals surface area contributed by atoms with Gasteiger partial charge in [0, 0.05) is 24.0 Å². The first-order valence-electron chi connectivity index (χ1n) is 9.18. The van der Waals surface area contributed by atoms with Gasteiger partial charge in [-0.05, 0) is 45.4 Å². The van der Waals surface area contributed by atoms with Crippen molar-refractivity contribution in [1.29, 1.82) is 0 Å². The van der Waals surface area contributed by atoms with E-state index in [2.05, 4.69) is 33.7 Å². The lowest BCUT2D eigenvalue weighted by atomic mass is 10.0. The van der Waals surface area contributed by atoms with E-state index in [-0.39, 0.29) is 24.2 Å². The van der Waals surface area contributed by atoms with Crippen LogP contribution in [0.4, 0.5) is 0 Å². The predicted octanol–water partition coefficient (Wildman–Crippen LogP) is 1.95. The molecule has 3 heterocycles. The van der Waals surface area contributed by atoms with E-state index < -0.39 is 0 Å².